The van der Waals surface area contributed by atoms with Crippen molar-refractivity contribution in [1.29, 1.82) is 0 Å². The fourth-order valence-corrected chi connectivity index (χ4v) is 6.03. The molecule has 2 aromatic carbocycles. The number of likely N-dealkylation sites (tertiary alicyclic amines) is 1. The van der Waals surface area contributed by atoms with Gasteiger partial charge in [-0.1, -0.05) is 32.0 Å². The van der Waals surface area contributed by atoms with Gasteiger partial charge in [0.25, 0.3) is 5.91 Å². The second kappa shape index (κ2) is 9.97. The average Bonchev–Trinajstić information content (AvgIpc) is 3.23. The highest BCUT2D eigenvalue weighted by atomic mass is 32.1. The molecule has 1 amide bonds. The van der Waals surface area contributed by atoms with Gasteiger partial charge in [0.1, 0.15) is 0 Å². The molecule has 168 valence electrons. The number of carbonyl (C=O) groups excluding carboxylic acids is 2. The molecule has 1 aliphatic rings. The highest BCUT2D eigenvalue weighted by molar-refractivity contribution is 7.17. The van der Waals surface area contributed by atoms with E-state index in [4.69, 9.17) is 0 Å². The number of rotatable bonds is 7. The number of nitrogens with one attached hydrogen (secondary N) is 1. The quantitative estimate of drug-likeness (QED) is 0.408. The summed E-state index contributed by atoms with van der Waals surface area (Å²) in [6.07, 6.45) is 4.81. The number of anilines is 1. The molecule has 4 rings (SSSR count). The van der Waals surface area contributed by atoms with Gasteiger partial charge < -0.3 is 10.2 Å². The first kappa shape index (κ1) is 22.7. The summed E-state index contributed by atoms with van der Waals surface area (Å²) in [6, 6.07) is 13.8. The molecule has 1 aliphatic heterocycles. The van der Waals surface area contributed by atoms with Crippen LogP contribution in [-0.2, 0) is 0 Å². The fraction of sp³-hybridized carbons (Fsp3) is 0.407. The number of benzene rings is 2. The SMILES string of the molecule is CCC(CC)N1CCC(c2csc3ccc(NC(=O)c4ccccc4C(C)=O)cc23)CC1. The highest BCUT2D eigenvalue weighted by Crippen LogP contribution is 2.38. The molecular weight excluding hydrogens is 416 g/mol. The molecule has 32 heavy (non-hydrogen) atoms. The van der Waals surface area contributed by atoms with Crippen LogP contribution in [0.2, 0.25) is 0 Å². The third-order valence-electron chi connectivity index (χ3n) is 6.84. The molecule has 0 aliphatic carbocycles. The molecule has 0 spiro atoms. The van der Waals surface area contributed by atoms with Crippen LogP contribution < -0.4 is 5.32 Å². The van der Waals surface area contributed by atoms with Gasteiger partial charge in [-0.15, -0.1) is 11.3 Å². The Labute approximate surface area is 194 Å². The number of thiophene rings is 1. The molecular formula is C27H32N2O2S. The van der Waals surface area contributed by atoms with E-state index in [0.717, 1.165) is 18.8 Å². The van der Waals surface area contributed by atoms with E-state index in [2.05, 4.69) is 41.6 Å². The minimum atomic E-state index is -0.245. The fourth-order valence-electron chi connectivity index (χ4n) is 5.01. The van der Waals surface area contributed by atoms with Crippen molar-refractivity contribution < 1.29 is 9.59 Å². The number of hydrogen-bond donors (Lipinski definition) is 1. The average molecular weight is 449 g/mol. The standard InChI is InChI=1S/C27H32N2O2S/c1-4-21(5-2)29-14-12-19(13-15-29)25-17-32-26-11-10-20(16-24(25)26)28-27(31)23-9-7-6-8-22(23)18(3)30/h6-11,16-17,19,21H,4-5,12-15H2,1-3H3,(H,28,31). The predicted molar refractivity (Wildman–Crippen MR) is 134 cm³/mol. The molecule has 5 heteroatoms. The van der Waals surface area contributed by atoms with E-state index in [-0.39, 0.29) is 11.7 Å². The lowest BCUT2D eigenvalue weighted by Crippen LogP contribution is -2.40. The molecule has 0 saturated carbocycles. The van der Waals surface area contributed by atoms with Gasteiger partial charge in [0.2, 0.25) is 0 Å². The van der Waals surface area contributed by atoms with Gasteiger partial charge in [-0.3, -0.25) is 9.59 Å². The molecule has 2 heterocycles. The van der Waals surface area contributed by atoms with Gasteiger partial charge in [0, 0.05) is 22.0 Å². The van der Waals surface area contributed by atoms with Crippen LogP contribution in [0.5, 0.6) is 0 Å². The van der Waals surface area contributed by atoms with E-state index >= 15 is 0 Å². The summed E-state index contributed by atoms with van der Waals surface area (Å²) in [5.74, 6) is 0.218. The Balaban J connectivity index is 1.53. The van der Waals surface area contributed by atoms with Crippen molar-refractivity contribution >= 4 is 38.8 Å². The normalized spacial score (nSPS) is 15.4. The lowest BCUT2D eigenvalue weighted by Gasteiger charge is -2.37. The minimum absolute atomic E-state index is 0.106. The first-order valence-corrected chi connectivity index (χ1v) is 12.6. The van der Waals surface area contributed by atoms with Crippen molar-refractivity contribution in [3.05, 3.63) is 64.5 Å². The third kappa shape index (κ3) is 4.64. The zero-order valence-electron chi connectivity index (χ0n) is 19.2. The zero-order chi connectivity index (χ0) is 22.7. The summed E-state index contributed by atoms with van der Waals surface area (Å²) in [5, 5.41) is 6.56. The van der Waals surface area contributed by atoms with Crippen LogP contribution >= 0.6 is 11.3 Å². The lowest BCUT2D eigenvalue weighted by atomic mass is 9.88. The Bertz CT molecular complexity index is 1110. The van der Waals surface area contributed by atoms with E-state index in [1.165, 1.54) is 48.3 Å². The molecule has 0 unspecified atom stereocenters. The van der Waals surface area contributed by atoms with Gasteiger partial charge in [-0.2, -0.15) is 0 Å². The number of hydrogen-bond acceptors (Lipinski definition) is 4. The highest BCUT2D eigenvalue weighted by Gasteiger charge is 2.26. The smallest absolute Gasteiger partial charge is 0.256 e. The maximum atomic E-state index is 12.9. The van der Waals surface area contributed by atoms with Crippen molar-refractivity contribution in [3.8, 4) is 0 Å². The molecule has 1 aromatic heterocycles. The van der Waals surface area contributed by atoms with Gasteiger partial charge >= 0.3 is 0 Å². The van der Waals surface area contributed by atoms with E-state index in [1.54, 1.807) is 35.6 Å². The number of Topliss-reactive ketones (excluding diaryl/α,β-unsaturated/α-hetero) is 1. The number of ketones is 1. The minimum Gasteiger partial charge on any atom is -0.322 e. The topological polar surface area (TPSA) is 49.4 Å². The van der Waals surface area contributed by atoms with Gasteiger partial charge in [0.05, 0.1) is 5.56 Å². The Morgan fingerprint density at radius 1 is 1.06 bits per heavy atom. The van der Waals surface area contributed by atoms with Crippen molar-refractivity contribution in [2.75, 3.05) is 18.4 Å². The summed E-state index contributed by atoms with van der Waals surface area (Å²) in [6.45, 7) is 8.39. The Kier molecular flexibility index (Phi) is 7.07. The Hall–Kier alpha value is -2.50. The summed E-state index contributed by atoms with van der Waals surface area (Å²) in [5.41, 5.74) is 3.05. The lowest BCUT2D eigenvalue weighted by molar-refractivity contribution is 0.0985. The molecule has 0 bridgehead atoms. The Morgan fingerprint density at radius 3 is 2.41 bits per heavy atom. The van der Waals surface area contributed by atoms with Gasteiger partial charge in [0.15, 0.2) is 5.78 Å². The van der Waals surface area contributed by atoms with Crippen molar-refractivity contribution in [2.24, 2.45) is 0 Å². The van der Waals surface area contributed by atoms with E-state index in [9.17, 15) is 9.59 Å². The van der Waals surface area contributed by atoms with Crippen LogP contribution in [0.25, 0.3) is 10.1 Å². The first-order valence-electron chi connectivity index (χ1n) is 11.7. The molecule has 4 nitrogen and oxygen atoms in total. The number of nitrogens with zero attached hydrogens (tertiary/aromatic N) is 1. The van der Waals surface area contributed by atoms with Crippen LogP contribution in [0.3, 0.4) is 0 Å². The maximum absolute atomic E-state index is 12.9. The largest absolute Gasteiger partial charge is 0.322 e. The van der Waals surface area contributed by atoms with E-state index in [1.807, 2.05) is 6.07 Å². The molecule has 0 radical (unpaired) electrons. The van der Waals surface area contributed by atoms with Gasteiger partial charge in [-0.05, 0) is 92.2 Å². The second-order valence-corrected chi connectivity index (χ2v) is 9.65. The predicted octanol–water partition coefficient (Wildman–Crippen LogP) is 6.72. The summed E-state index contributed by atoms with van der Waals surface area (Å²) in [7, 11) is 0. The second-order valence-electron chi connectivity index (χ2n) is 8.74. The zero-order valence-corrected chi connectivity index (χ0v) is 20.0. The molecule has 1 N–H and O–H groups in total. The summed E-state index contributed by atoms with van der Waals surface area (Å²) >= 11 is 1.78. The van der Waals surface area contributed by atoms with Crippen molar-refractivity contribution in [1.82, 2.24) is 4.90 Å². The van der Waals surface area contributed by atoms with E-state index < -0.39 is 0 Å². The molecule has 1 fully saturated rings. The number of carbonyl (C=O) groups is 2. The number of piperidine rings is 1. The van der Waals surface area contributed by atoms with Crippen LogP contribution in [-0.4, -0.2) is 35.7 Å². The monoisotopic (exact) mass is 448 g/mol. The van der Waals surface area contributed by atoms with Crippen LogP contribution in [0, 0.1) is 0 Å². The molecule has 3 aromatic rings. The van der Waals surface area contributed by atoms with Crippen molar-refractivity contribution in [3.63, 3.8) is 0 Å². The molecule has 1 saturated heterocycles. The molecule has 0 atom stereocenters. The van der Waals surface area contributed by atoms with Gasteiger partial charge in [-0.25, -0.2) is 0 Å². The van der Waals surface area contributed by atoms with Crippen LogP contribution in [0.15, 0.2) is 47.8 Å². The Morgan fingerprint density at radius 2 is 1.75 bits per heavy atom. The van der Waals surface area contributed by atoms with Crippen LogP contribution in [0.1, 0.15) is 78.7 Å². The van der Waals surface area contributed by atoms with E-state index in [0.29, 0.717) is 23.1 Å². The third-order valence-corrected chi connectivity index (χ3v) is 7.82. The summed E-state index contributed by atoms with van der Waals surface area (Å²) in [4.78, 5) is 27.5. The summed E-state index contributed by atoms with van der Waals surface area (Å²) < 4.78 is 1.25. The number of fused-ring (bicyclic) bond motifs is 1. The van der Waals surface area contributed by atoms with Crippen molar-refractivity contribution in [2.45, 2.75) is 58.4 Å². The van der Waals surface area contributed by atoms with Crippen LogP contribution in [0.4, 0.5) is 5.69 Å². The first-order chi connectivity index (χ1) is 15.5. The number of amides is 1. The maximum Gasteiger partial charge on any atom is 0.256 e.